The van der Waals surface area contributed by atoms with Gasteiger partial charge in [0.05, 0.1) is 23.3 Å². The molecule has 2 aromatic rings. The Hall–Kier alpha value is -1.86. The van der Waals surface area contributed by atoms with Crippen molar-refractivity contribution in [3.05, 3.63) is 58.1 Å². The van der Waals surface area contributed by atoms with Gasteiger partial charge < -0.3 is 4.74 Å². The Morgan fingerprint density at radius 2 is 1.79 bits per heavy atom. The molecule has 0 fully saturated rings. The van der Waals surface area contributed by atoms with Gasteiger partial charge in [-0.3, -0.25) is 4.31 Å². The minimum Gasteiger partial charge on any atom is -0.465 e. The summed E-state index contributed by atoms with van der Waals surface area (Å²) in [6, 6.07) is 11.3. The summed E-state index contributed by atoms with van der Waals surface area (Å²) >= 11 is 3.30. The van der Waals surface area contributed by atoms with Gasteiger partial charge in [-0.1, -0.05) is 22.0 Å². The zero-order chi connectivity index (χ0) is 17.9. The Morgan fingerprint density at radius 3 is 2.33 bits per heavy atom. The van der Waals surface area contributed by atoms with Crippen LogP contribution in [0, 0.1) is 6.92 Å². The minimum absolute atomic E-state index is 0.190. The zero-order valence-corrected chi connectivity index (χ0v) is 16.0. The van der Waals surface area contributed by atoms with E-state index in [9.17, 15) is 13.2 Å². The molecular weight excluding hydrogens is 394 g/mol. The maximum absolute atomic E-state index is 13.0. The quantitative estimate of drug-likeness (QED) is 0.702. The summed E-state index contributed by atoms with van der Waals surface area (Å²) < 4.78 is 32.7. The zero-order valence-electron chi connectivity index (χ0n) is 13.6. The van der Waals surface area contributed by atoms with Crippen LogP contribution in [-0.4, -0.2) is 28.0 Å². The van der Waals surface area contributed by atoms with Crippen molar-refractivity contribution in [3.63, 3.8) is 0 Å². The topological polar surface area (TPSA) is 63.7 Å². The second-order valence-corrected chi connectivity index (χ2v) is 7.89. The highest BCUT2D eigenvalue weighted by atomic mass is 79.9. The number of hydrogen-bond acceptors (Lipinski definition) is 4. The number of methoxy groups -OCH3 is 1. The molecule has 0 aromatic heterocycles. The van der Waals surface area contributed by atoms with E-state index < -0.39 is 16.0 Å². The van der Waals surface area contributed by atoms with E-state index in [1.165, 1.54) is 11.4 Å². The molecule has 0 saturated carbocycles. The van der Waals surface area contributed by atoms with E-state index in [0.717, 1.165) is 10.0 Å². The predicted octanol–water partition coefficient (Wildman–Crippen LogP) is 3.76. The lowest BCUT2D eigenvalue weighted by molar-refractivity contribution is 0.0600. The molecule has 0 N–H and O–H groups in total. The van der Waals surface area contributed by atoms with Crippen LogP contribution >= 0.6 is 15.9 Å². The molecule has 2 rings (SSSR count). The van der Waals surface area contributed by atoms with Crippen LogP contribution in [0.5, 0.6) is 0 Å². The molecule has 5 nitrogen and oxygen atoms in total. The van der Waals surface area contributed by atoms with Gasteiger partial charge in [-0.15, -0.1) is 0 Å². The molecule has 0 aliphatic rings. The molecule has 0 bridgehead atoms. The maximum Gasteiger partial charge on any atom is 0.337 e. The lowest BCUT2D eigenvalue weighted by Crippen LogP contribution is -2.31. The first kappa shape index (κ1) is 18.5. The average molecular weight is 412 g/mol. The second-order valence-electron chi connectivity index (χ2n) is 5.12. The fourth-order valence-electron chi connectivity index (χ4n) is 2.33. The number of anilines is 1. The first-order valence-electron chi connectivity index (χ1n) is 7.28. The average Bonchev–Trinajstić information content (AvgIpc) is 2.56. The van der Waals surface area contributed by atoms with Crippen molar-refractivity contribution < 1.29 is 17.9 Å². The van der Waals surface area contributed by atoms with Crippen LogP contribution in [-0.2, 0) is 14.8 Å². The molecule has 0 radical (unpaired) electrons. The monoisotopic (exact) mass is 411 g/mol. The Labute approximate surface area is 150 Å². The summed E-state index contributed by atoms with van der Waals surface area (Å²) in [5.74, 6) is -0.506. The fraction of sp³-hybridized carbons (Fsp3) is 0.235. The van der Waals surface area contributed by atoms with Crippen LogP contribution in [0.25, 0.3) is 0 Å². The van der Waals surface area contributed by atoms with Crippen molar-refractivity contribution in [1.82, 2.24) is 0 Å². The lowest BCUT2D eigenvalue weighted by atomic mass is 10.1. The van der Waals surface area contributed by atoms with E-state index in [2.05, 4.69) is 15.9 Å². The van der Waals surface area contributed by atoms with Crippen molar-refractivity contribution in [1.29, 1.82) is 0 Å². The number of ether oxygens (including phenoxy) is 1. The summed E-state index contributed by atoms with van der Waals surface area (Å²) in [5, 5.41) is 0. The largest absolute Gasteiger partial charge is 0.465 e. The molecule has 0 spiro atoms. The molecule has 0 aliphatic heterocycles. The normalized spacial score (nSPS) is 11.2. The van der Waals surface area contributed by atoms with E-state index in [0.29, 0.717) is 11.3 Å². The summed E-state index contributed by atoms with van der Waals surface area (Å²) in [5.41, 5.74) is 1.52. The highest BCUT2D eigenvalue weighted by Gasteiger charge is 2.25. The number of carbonyl (C=O) groups excluding carboxylic acids is 1. The van der Waals surface area contributed by atoms with Gasteiger partial charge >= 0.3 is 5.97 Å². The molecule has 2 aromatic carbocycles. The van der Waals surface area contributed by atoms with Crippen molar-refractivity contribution in [2.45, 2.75) is 18.7 Å². The van der Waals surface area contributed by atoms with Crippen LogP contribution < -0.4 is 4.31 Å². The van der Waals surface area contributed by atoms with Crippen LogP contribution in [0.1, 0.15) is 22.8 Å². The van der Waals surface area contributed by atoms with E-state index in [1.807, 2.05) is 0 Å². The van der Waals surface area contributed by atoms with Gasteiger partial charge in [0.15, 0.2) is 0 Å². The molecule has 0 saturated heterocycles. The van der Waals surface area contributed by atoms with Crippen molar-refractivity contribution in [2.24, 2.45) is 0 Å². The summed E-state index contributed by atoms with van der Waals surface area (Å²) in [6.45, 7) is 3.79. The summed E-state index contributed by atoms with van der Waals surface area (Å²) in [4.78, 5) is 11.9. The third-order valence-electron chi connectivity index (χ3n) is 3.59. The van der Waals surface area contributed by atoms with Crippen molar-refractivity contribution >= 4 is 37.6 Å². The third kappa shape index (κ3) is 3.62. The van der Waals surface area contributed by atoms with E-state index in [-0.39, 0.29) is 11.4 Å². The molecular formula is C17H18BrNO4S. The number of aryl methyl sites for hydroxylation is 1. The van der Waals surface area contributed by atoms with Gasteiger partial charge in [0.25, 0.3) is 10.0 Å². The number of hydrogen-bond donors (Lipinski definition) is 0. The third-order valence-corrected chi connectivity index (χ3v) is 6.02. The lowest BCUT2D eigenvalue weighted by Gasteiger charge is -2.25. The number of rotatable bonds is 5. The minimum atomic E-state index is -3.73. The fourth-order valence-corrected chi connectivity index (χ4v) is 4.12. The standard InChI is InChI=1S/C17H18BrNO4S/c1-4-19(24(21,22)15-9-7-14(18)8-10-15)16-11-13(17(20)23-3)6-5-12(16)2/h5-11H,4H2,1-3H3. The smallest absolute Gasteiger partial charge is 0.337 e. The molecule has 128 valence electrons. The number of sulfonamides is 1. The SMILES string of the molecule is CCN(c1cc(C(=O)OC)ccc1C)S(=O)(=O)c1ccc(Br)cc1. The van der Waals surface area contributed by atoms with Crippen LogP contribution in [0.3, 0.4) is 0 Å². The van der Waals surface area contributed by atoms with Gasteiger partial charge in [-0.05, 0) is 55.8 Å². The van der Waals surface area contributed by atoms with Crippen LogP contribution in [0.15, 0.2) is 51.8 Å². The first-order valence-corrected chi connectivity index (χ1v) is 9.51. The van der Waals surface area contributed by atoms with E-state index >= 15 is 0 Å². The number of carbonyl (C=O) groups is 1. The maximum atomic E-state index is 13.0. The number of halogens is 1. The molecule has 0 heterocycles. The highest BCUT2D eigenvalue weighted by molar-refractivity contribution is 9.10. The highest BCUT2D eigenvalue weighted by Crippen LogP contribution is 2.28. The Balaban J connectivity index is 2.55. The summed E-state index contributed by atoms with van der Waals surface area (Å²) in [7, 11) is -2.44. The van der Waals surface area contributed by atoms with Crippen molar-refractivity contribution in [2.75, 3.05) is 18.0 Å². The number of benzene rings is 2. The Kier molecular flexibility index (Phi) is 5.66. The first-order chi connectivity index (χ1) is 11.3. The van der Waals surface area contributed by atoms with E-state index in [4.69, 9.17) is 4.74 Å². The van der Waals surface area contributed by atoms with Gasteiger partial charge in [-0.25, -0.2) is 13.2 Å². The Morgan fingerprint density at radius 1 is 1.17 bits per heavy atom. The molecule has 7 heteroatoms. The molecule has 0 aliphatic carbocycles. The molecule has 0 amide bonds. The van der Waals surface area contributed by atoms with Crippen LogP contribution in [0.2, 0.25) is 0 Å². The van der Waals surface area contributed by atoms with E-state index in [1.54, 1.807) is 56.3 Å². The van der Waals surface area contributed by atoms with Gasteiger partial charge in [-0.2, -0.15) is 0 Å². The van der Waals surface area contributed by atoms with Gasteiger partial charge in [0, 0.05) is 11.0 Å². The molecule has 24 heavy (non-hydrogen) atoms. The molecule has 0 unspecified atom stereocenters. The summed E-state index contributed by atoms with van der Waals surface area (Å²) in [6.07, 6.45) is 0. The van der Waals surface area contributed by atoms with Crippen LogP contribution in [0.4, 0.5) is 5.69 Å². The molecule has 0 atom stereocenters. The number of nitrogens with zero attached hydrogens (tertiary/aromatic N) is 1. The second kappa shape index (κ2) is 7.36. The predicted molar refractivity (Wildman–Crippen MR) is 96.9 cm³/mol. The van der Waals surface area contributed by atoms with Gasteiger partial charge in [0.2, 0.25) is 0 Å². The van der Waals surface area contributed by atoms with Gasteiger partial charge in [0.1, 0.15) is 0 Å². The number of esters is 1. The van der Waals surface area contributed by atoms with Crippen molar-refractivity contribution in [3.8, 4) is 0 Å². The Bertz CT molecular complexity index is 847.